The van der Waals surface area contributed by atoms with Crippen LogP contribution in [0.3, 0.4) is 0 Å². The van der Waals surface area contributed by atoms with Crippen LogP contribution in [0.4, 0.5) is 8.78 Å². The number of amides is 1. The number of hydrogen-bond donors (Lipinski definition) is 1. The molecule has 1 aromatic heterocycles. The Morgan fingerprint density at radius 3 is 2.20 bits per heavy atom. The van der Waals surface area contributed by atoms with Crippen LogP contribution in [0.5, 0.6) is 5.75 Å². The van der Waals surface area contributed by atoms with Gasteiger partial charge < -0.3 is 19.2 Å². The van der Waals surface area contributed by atoms with Crippen molar-refractivity contribution in [3.8, 4) is 5.75 Å². The zero-order chi connectivity index (χ0) is 36.5. The maximum atomic E-state index is 14.5. The fourth-order valence-electron chi connectivity index (χ4n) is 6.78. The predicted octanol–water partition coefficient (Wildman–Crippen LogP) is 9.87. The third-order valence-electron chi connectivity index (χ3n) is 8.92. The number of nitrogens with zero attached hydrogens (tertiary/aromatic N) is 1. The fourth-order valence-corrected chi connectivity index (χ4v) is 12.3. The molecule has 2 atom stereocenters. The summed E-state index contributed by atoms with van der Waals surface area (Å²) in [5.41, 5.74) is 4.93. The van der Waals surface area contributed by atoms with Crippen LogP contribution in [0.15, 0.2) is 66.9 Å². The molecule has 7 nitrogen and oxygen atoms in total. The third kappa shape index (κ3) is 10.5. The number of ether oxygens (including phenoxy) is 2. The van der Waals surface area contributed by atoms with Gasteiger partial charge in [-0.15, -0.1) is 6.58 Å². The first kappa shape index (κ1) is 39.5. The minimum Gasteiger partial charge on any atom is -0.486 e. The molecule has 3 rings (SSSR count). The van der Waals surface area contributed by atoms with Gasteiger partial charge in [-0.2, -0.15) is 0 Å². The van der Waals surface area contributed by atoms with E-state index >= 15 is 0 Å². The predicted molar refractivity (Wildman–Crippen MR) is 192 cm³/mol. The number of rotatable bonds is 17. The number of hydrogen-bond acceptors (Lipinski definition) is 6. The largest absolute Gasteiger partial charge is 0.486 e. The van der Waals surface area contributed by atoms with E-state index in [9.17, 15) is 18.4 Å². The van der Waals surface area contributed by atoms with Crippen LogP contribution in [0.1, 0.15) is 113 Å². The summed E-state index contributed by atoms with van der Waals surface area (Å²) in [5.74, 6) is -2.29. The molecule has 1 heterocycles. The number of aryl methyl sites for hydroxylation is 1. The fraction of sp³-hybridized carbons (Fsp3) is 0.462. The Morgan fingerprint density at radius 2 is 1.61 bits per heavy atom. The molecule has 49 heavy (non-hydrogen) atoms. The maximum Gasteiger partial charge on any atom is 0.302 e. The minimum atomic E-state index is -2.50. The molecule has 266 valence electrons. The number of esters is 1. The van der Waals surface area contributed by atoms with E-state index in [2.05, 4.69) is 58.4 Å². The number of aromatic nitrogens is 1. The van der Waals surface area contributed by atoms with Crippen LogP contribution < -0.4 is 10.1 Å². The average molecular weight is 695 g/mol. The van der Waals surface area contributed by atoms with Crippen molar-refractivity contribution < 1.29 is 32.3 Å². The van der Waals surface area contributed by atoms with Crippen LogP contribution in [0.25, 0.3) is 0 Å². The second-order valence-electron chi connectivity index (χ2n) is 13.8. The van der Waals surface area contributed by atoms with Gasteiger partial charge in [0.25, 0.3) is 5.91 Å². The molecule has 1 unspecified atom stereocenters. The molecule has 0 saturated carbocycles. The molecular weight excluding hydrogens is 643 g/mol. The molecule has 3 aromatic rings. The van der Waals surface area contributed by atoms with Gasteiger partial charge in [0.1, 0.15) is 12.4 Å². The van der Waals surface area contributed by atoms with Crippen LogP contribution in [0.2, 0.25) is 16.6 Å². The van der Waals surface area contributed by atoms with Gasteiger partial charge in [0.15, 0.2) is 11.6 Å². The number of benzene rings is 2. The summed E-state index contributed by atoms with van der Waals surface area (Å²) in [4.78, 5) is 30.6. The SMILES string of the molecule is C=C(C)C[C@@H](NC(=O)c1cc(COc2cc(F)ccc2F)ccc1C(CCOC(C)=O)O[Si](C(C)C)(C(C)C)C(C)C)c1ccnc(C)c1. The van der Waals surface area contributed by atoms with Gasteiger partial charge >= 0.3 is 5.97 Å². The summed E-state index contributed by atoms with van der Waals surface area (Å²) in [7, 11) is -2.50. The van der Waals surface area contributed by atoms with Gasteiger partial charge in [-0.25, -0.2) is 8.78 Å². The van der Waals surface area contributed by atoms with E-state index in [0.29, 0.717) is 29.5 Å². The Morgan fingerprint density at radius 1 is 0.939 bits per heavy atom. The molecule has 0 fully saturated rings. The Labute approximate surface area is 291 Å². The minimum absolute atomic E-state index is 0.109. The molecular formula is C39H52F2N2O5Si. The summed E-state index contributed by atoms with van der Waals surface area (Å²) in [6, 6.07) is 11.8. The number of pyridine rings is 1. The highest BCUT2D eigenvalue weighted by molar-refractivity contribution is 6.77. The van der Waals surface area contributed by atoms with Gasteiger partial charge in [-0.1, -0.05) is 59.2 Å². The molecule has 1 N–H and O–H groups in total. The standard InChI is InChI=1S/C39H52F2N2O5Si/c1-24(2)19-36(31-15-17-42-28(9)20-31)43-39(45)34-21-30(23-47-38-22-32(40)12-14-35(38)41)11-13-33(34)37(16-18-46-29(10)44)48-49(25(3)4,26(5)6)27(7)8/h11-15,17,20-22,25-27,36-37H,1,16,18-19,23H2,2-10H3,(H,43,45)/t36-,37?/m1/s1. The van der Waals surface area contributed by atoms with E-state index < -0.39 is 38.1 Å². The van der Waals surface area contributed by atoms with E-state index in [-0.39, 0.29) is 41.5 Å². The topological polar surface area (TPSA) is 86.8 Å². The van der Waals surface area contributed by atoms with Crippen molar-refractivity contribution in [3.63, 3.8) is 0 Å². The van der Waals surface area contributed by atoms with Crippen molar-refractivity contribution in [3.05, 3.63) is 106 Å². The lowest BCUT2D eigenvalue weighted by Gasteiger charge is -2.45. The van der Waals surface area contributed by atoms with Crippen molar-refractivity contribution >= 4 is 20.2 Å². The quantitative estimate of drug-likeness (QED) is 0.0860. The molecule has 0 aliphatic heterocycles. The normalized spacial score (nSPS) is 13.0. The first-order chi connectivity index (χ1) is 23.0. The van der Waals surface area contributed by atoms with Crippen LogP contribution in [0, 0.1) is 18.6 Å². The molecule has 0 saturated heterocycles. The van der Waals surface area contributed by atoms with Crippen molar-refractivity contribution in [1.29, 1.82) is 0 Å². The van der Waals surface area contributed by atoms with E-state index in [4.69, 9.17) is 13.9 Å². The highest BCUT2D eigenvalue weighted by atomic mass is 28.4. The lowest BCUT2D eigenvalue weighted by atomic mass is 9.95. The van der Waals surface area contributed by atoms with Crippen molar-refractivity contribution in [2.45, 2.75) is 111 Å². The van der Waals surface area contributed by atoms with Crippen molar-refractivity contribution in [1.82, 2.24) is 10.3 Å². The molecule has 0 radical (unpaired) electrons. The van der Waals surface area contributed by atoms with Gasteiger partial charge in [0.2, 0.25) is 8.32 Å². The highest BCUT2D eigenvalue weighted by Gasteiger charge is 2.47. The molecule has 0 spiro atoms. The summed E-state index contributed by atoms with van der Waals surface area (Å²) in [5, 5.41) is 3.22. The lowest BCUT2D eigenvalue weighted by Crippen LogP contribution is -2.48. The Balaban J connectivity index is 2.16. The lowest BCUT2D eigenvalue weighted by molar-refractivity contribution is -0.141. The second kappa shape index (κ2) is 17.7. The summed E-state index contributed by atoms with van der Waals surface area (Å²) in [6.45, 7) is 22.4. The van der Waals surface area contributed by atoms with Gasteiger partial charge in [-0.05, 0) is 83.9 Å². The number of carbonyl (C=O) groups excluding carboxylic acids is 2. The average Bonchev–Trinajstić information content (AvgIpc) is 3.01. The van der Waals surface area contributed by atoms with Crippen LogP contribution in [-0.4, -0.2) is 31.8 Å². The smallest absolute Gasteiger partial charge is 0.302 e. The van der Waals surface area contributed by atoms with E-state index in [1.165, 1.54) is 6.92 Å². The second-order valence-corrected chi connectivity index (χ2v) is 19.2. The maximum absolute atomic E-state index is 14.5. The number of nitrogens with one attached hydrogen (secondary N) is 1. The van der Waals surface area contributed by atoms with Crippen molar-refractivity contribution in [2.75, 3.05) is 6.61 Å². The van der Waals surface area contributed by atoms with Crippen LogP contribution in [-0.2, 0) is 20.6 Å². The van der Waals surface area contributed by atoms with Gasteiger partial charge in [-0.3, -0.25) is 14.6 Å². The molecule has 0 bridgehead atoms. The van der Waals surface area contributed by atoms with Crippen molar-refractivity contribution in [2.24, 2.45) is 0 Å². The zero-order valence-corrected chi connectivity index (χ0v) is 31.4. The molecule has 0 aliphatic rings. The molecule has 1 amide bonds. The van der Waals surface area contributed by atoms with Gasteiger partial charge in [0, 0.05) is 36.9 Å². The molecule has 2 aromatic carbocycles. The third-order valence-corrected chi connectivity index (χ3v) is 15.0. The van der Waals surface area contributed by atoms with E-state index in [0.717, 1.165) is 35.0 Å². The van der Waals surface area contributed by atoms with Gasteiger partial charge in [0.05, 0.1) is 18.8 Å². The first-order valence-electron chi connectivity index (χ1n) is 16.9. The first-order valence-corrected chi connectivity index (χ1v) is 19.1. The van der Waals surface area contributed by atoms with Crippen LogP contribution >= 0.6 is 0 Å². The highest BCUT2D eigenvalue weighted by Crippen LogP contribution is 2.46. The molecule has 0 aliphatic carbocycles. The Hall–Kier alpha value is -3.89. The van der Waals surface area contributed by atoms with E-state index in [1.54, 1.807) is 18.3 Å². The summed E-state index contributed by atoms with van der Waals surface area (Å²) >= 11 is 0. The monoisotopic (exact) mass is 694 g/mol. The number of carbonyl (C=O) groups is 2. The Bertz CT molecular complexity index is 1590. The summed E-state index contributed by atoms with van der Waals surface area (Å²) in [6.07, 6.45) is 1.98. The summed E-state index contributed by atoms with van der Waals surface area (Å²) < 4.78 is 46.6. The number of halogens is 2. The Kier molecular flexibility index (Phi) is 14.3. The zero-order valence-electron chi connectivity index (χ0n) is 30.4. The molecule has 10 heteroatoms. The van der Waals surface area contributed by atoms with E-state index in [1.807, 2.05) is 32.0 Å².